The number of benzene rings is 2. The van der Waals surface area contributed by atoms with Crippen molar-refractivity contribution in [2.75, 3.05) is 10.6 Å². The van der Waals surface area contributed by atoms with Gasteiger partial charge in [0, 0.05) is 29.6 Å². The van der Waals surface area contributed by atoms with Gasteiger partial charge in [-0.2, -0.15) is 0 Å². The maximum atomic E-state index is 12.4. The van der Waals surface area contributed by atoms with Gasteiger partial charge in [0.1, 0.15) is 0 Å². The molecule has 0 fully saturated rings. The van der Waals surface area contributed by atoms with Gasteiger partial charge in [-0.15, -0.1) is 0 Å². The van der Waals surface area contributed by atoms with Crippen LogP contribution in [0.5, 0.6) is 0 Å². The Kier molecular flexibility index (Phi) is 5.49. The number of rotatable bonds is 5. The van der Waals surface area contributed by atoms with Gasteiger partial charge in [-0.3, -0.25) is 4.79 Å². The predicted octanol–water partition coefficient (Wildman–Crippen LogP) is 4.61. The van der Waals surface area contributed by atoms with Gasteiger partial charge >= 0.3 is 0 Å². The molecule has 6 heteroatoms. The molecule has 132 valence electrons. The average Bonchev–Trinajstić information content (AvgIpc) is 2.64. The van der Waals surface area contributed by atoms with E-state index in [-0.39, 0.29) is 5.91 Å². The molecule has 0 radical (unpaired) electrons. The molecule has 0 aliphatic carbocycles. The number of hydrogen-bond donors (Lipinski definition) is 2. The molecule has 2 N–H and O–H groups in total. The van der Waals surface area contributed by atoms with Crippen molar-refractivity contribution in [2.24, 2.45) is 0 Å². The molecule has 5 nitrogen and oxygen atoms in total. The second-order valence-electron chi connectivity index (χ2n) is 5.96. The lowest BCUT2D eigenvalue weighted by molar-refractivity contribution is 0.102. The molecule has 1 aromatic heterocycles. The Morgan fingerprint density at radius 1 is 1.00 bits per heavy atom. The third-order valence-electron chi connectivity index (χ3n) is 4.03. The van der Waals surface area contributed by atoms with Crippen molar-refractivity contribution in [3.8, 4) is 0 Å². The lowest BCUT2D eigenvalue weighted by Crippen LogP contribution is -2.15. The minimum atomic E-state index is -0.236. The van der Waals surface area contributed by atoms with Crippen LogP contribution in [0.25, 0.3) is 0 Å². The highest BCUT2D eigenvalue weighted by Crippen LogP contribution is 2.20. The van der Waals surface area contributed by atoms with Crippen molar-refractivity contribution in [3.05, 3.63) is 82.1 Å². The standard InChI is InChI=1S/C20H19ClN4O/c1-13-6-5-7-14(2)18(13)25-19(26)16-11-23-20(24-12-16)22-10-15-8-3-4-9-17(15)21/h3-9,11-12H,10H2,1-2H3,(H,25,26)(H,22,23,24). The molecule has 1 amide bonds. The molecular weight excluding hydrogens is 348 g/mol. The topological polar surface area (TPSA) is 66.9 Å². The van der Waals surface area contributed by atoms with E-state index in [1.54, 1.807) is 0 Å². The van der Waals surface area contributed by atoms with E-state index in [1.807, 2.05) is 56.3 Å². The number of carbonyl (C=O) groups excluding carboxylic acids is 1. The highest BCUT2D eigenvalue weighted by Gasteiger charge is 2.11. The number of nitrogens with one attached hydrogen (secondary N) is 2. The van der Waals surface area contributed by atoms with E-state index in [9.17, 15) is 4.79 Å². The molecule has 0 spiro atoms. The second-order valence-corrected chi connectivity index (χ2v) is 6.37. The first-order chi connectivity index (χ1) is 12.5. The van der Waals surface area contributed by atoms with E-state index < -0.39 is 0 Å². The van der Waals surface area contributed by atoms with Crippen LogP contribution in [-0.2, 0) is 6.54 Å². The highest BCUT2D eigenvalue weighted by atomic mass is 35.5. The van der Waals surface area contributed by atoms with Crippen molar-refractivity contribution < 1.29 is 4.79 Å². The van der Waals surface area contributed by atoms with Gasteiger partial charge < -0.3 is 10.6 Å². The Bertz CT molecular complexity index is 905. The zero-order valence-electron chi connectivity index (χ0n) is 14.6. The quantitative estimate of drug-likeness (QED) is 0.691. The van der Waals surface area contributed by atoms with Crippen LogP contribution in [0.15, 0.2) is 54.9 Å². The summed E-state index contributed by atoms with van der Waals surface area (Å²) < 4.78 is 0. The molecule has 0 saturated carbocycles. The molecule has 0 aliphatic heterocycles. The molecule has 0 aliphatic rings. The van der Waals surface area contributed by atoms with E-state index in [2.05, 4.69) is 20.6 Å². The van der Waals surface area contributed by atoms with Crippen LogP contribution in [0.4, 0.5) is 11.6 Å². The number of para-hydroxylation sites is 1. The fraction of sp³-hybridized carbons (Fsp3) is 0.150. The number of amides is 1. The first-order valence-corrected chi connectivity index (χ1v) is 8.59. The Labute approximate surface area is 157 Å². The van der Waals surface area contributed by atoms with Crippen molar-refractivity contribution in [3.63, 3.8) is 0 Å². The van der Waals surface area contributed by atoms with E-state index in [0.717, 1.165) is 22.4 Å². The van der Waals surface area contributed by atoms with Crippen molar-refractivity contribution in [1.82, 2.24) is 9.97 Å². The number of aryl methyl sites for hydroxylation is 2. The van der Waals surface area contributed by atoms with Crippen LogP contribution < -0.4 is 10.6 Å². The Morgan fingerprint density at radius 2 is 1.65 bits per heavy atom. The maximum absolute atomic E-state index is 12.4. The summed E-state index contributed by atoms with van der Waals surface area (Å²) in [5.74, 6) is 0.202. The van der Waals surface area contributed by atoms with E-state index in [0.29, 0.717) is 23.1 Å². The van der Waals surface area contributed by atoms with Crippen molar-refractivity contribution in [2.45, 2.75) is 20.4 Å². The predicted molar refractivity (Wildman–Crippen MR) is 105 cm³/mol. The Hall–Kier alpha value is -2.92. The number of aromatic nitrogens is 2. The van der Waals surface area contributed by atoms with E-state index in [4.69, 9.17) is 11.6 Å². The van der Waals surface area contributed by atoms with Gasteiger partial charge in [0.15, 0.2) is 0 Å². The molecule has 1 heterocycles. The molecule has 0 unspecified atom stereocenters. The zero-order chi connectivity index (χ0) is 18.5. The average molecular weight is 367 g/mol. The minimum absolute atomic E-state index is 0.236. The number of carbonyl (C=O) groups is 1. The van der Waals surface area contributed by atoms with Gasteiger partial charge in [-0.05, 0) is 36.6 Å². The fourth-order valence-electron chi connectivity index (χ4n) is 2.55. The lowest BCUT2D eigenvalue weighted by atomic mass is 10.1. The van der Waals surface area contributed by atoms with Crippen LogP contribution in [0, 0.1) is 13.8 Å². The summed E-state index contributed by atoms with van der Waals surface area (Å²) in [4.78, 5) is 20.8. The fourth-order valence-corrected chi connectivity index (χ4v) is 2.75. The second kappa shape index (κ2) is 7.97. The summed E-state index contributed by atoms with van der Waals surface area (Å²) in [7, 11) is 0. The summed E-state index contributed by atoms with van der Waals surface area (Å²) in [6, 6.07) is 13.4. The summed E-state index contributed by atoms with van der Waals surface area (Å²) in [6.45, 7) is 4.43. The smallest absolute Gasteiger partial charge is 0.258 e. The molecular formula is C20H19ClN4O. The van der Waals surface area contributed by atoms with Gasteiger partial charge in [-0.25, -0.2) is 9.97 Å². The summed E-state index contributed by atoms with van der Waals surface area (Å²) >= 11 is 6.13. The zero-order valence-corrected chi connectivity index (χ0v) is 15.3. The van der Waals surface area contributed by atoms with Crippen molar-refractivity contribution in [1.29, 1.82) is 0 Å². The molecule has 3 rings (SSSR count). The van der Waals surface area contributed by atoms with Crippen LogP contribution in [-0.4, -0.2) is 15.9 Å². The van der Waals surface area contributed by atoms with Crippen LogP contribution >= 0.6 is 11.6 Å². The van der Waals surface area contributed by atoms with Crippen LogP contribution in [0.1, 0.15) is 27.0 Å². The third-order valence-corrected chi connectivity index (χ3v) is 4.40. The SMILES string of the molecule is Cc1cccc(C)c1NC(=O)c1cnc(NCc2ccccc2Cl)nc1. The van der Waals surface area contributed by atoms with E-state index >= 15 is 0 Å². The summed E-state index contributed by atoms with van der Waals surface area (Å²) in [5, 5.41) is 6.71. The number of anilines is 2. The van der Waals surface area contributed by atoms with Crippen LogP contribution in [0.3, 0.4) is 0 Å². The number of halogens is 1. The molecule has 3 aromatic rings. The summed E-state index contributed by atoms with van der Waals surface area (Å²) in [5.41, 5.74) is 4.19. The number of nitrogens with zero attached hydrogens (tertiary/aromatic N) is 2. The Morgan fingerprint density at radius 3 is 2.31 bits per heavy atom. The maximum Gasteiger partial charge on any atom is 0.258 e. The molecule has 2 aromatic carbocycles. The van der Waals surface area contributed by atoms with Crippen LogP contribution in [0.2, 0.25) is 5.02 Å². The Balaban J connectivity index is 1.65. The molecule has 0 atom stereocenters. The number of hydrogen-bond acceptors (Lipinski definition) is 4. The normalized spacial score (nSPS) is 10.4. The summed E-state index contributed by atoms with van der Waals surface area (Å²) in [6.07, 6.45) is 3.01. The van der Waals surface area contributed by atoms with Gasteiger partial charge in [0.25, 0.3) is 5.91 Å². The van der Waals surface area contributed by atoms with E-state index in [1.165, 1.54) is 12.4 Å². The lowest BCUT2D eigenvalue weighted by Gasteiger charge is -2.11. The van der Waals surface area contributed by atoms with Crippen molar-refractivity contribution >= 4 is 29.1 Å². The third kappa shape index (κ3) is 4.18. The monoisotopic (exact) mass is 366 g/mol. The van der Waals surface area contributed by atoms with Gasteiger partial charge in [0.2, 0.25) is 5.95 Å². The highest BCUT2D eigenvalue weighted by molar-refractivity contribution is 6.31. The minimum Gasteiger partial charge on any atom is -0.350 e. The van der Waals surface area contributed by atoms with Gasteiger partial charge in [-0.1, -0.05) is 48.0 Å². The molecule has 0 bridgehead atoms. The molecule has 26 heavy (non-hydrogen) atoms. The molecule has 0 saturated heterocycles. The largest absolute Gasteiger partial charge is 0.350 e. The first kappa shape index (κ1) is 17.9. The first-order valence-electron chi connectivity index (χ1n) is 8.21. The van der Waals surface area contributed by atoms with Gasteiger partial charge in [0.05, 0.1) is 5.56 Å².